The Kier molecular flexibility index (Phi) is 6.33. The summed E-state index contributed by atoms with van der Waals surface area (Å²) in [6, 6.07) is 10.2. The second kappa shape index (κ2) is 8.90. The predicted octanol–water partition coefficient (Wildman–Crippen LogP) is 1.74. The summed E-state index contributed by atoms with van der Waals surface area (Å²) in [5.41, 5.74) is 0.660. The molecule has 8 nitrogen and oxygen atoms in total. The fourth-order valence-electron chi connectivity index (χ4n) is 2.86. The predicted molar refractivity (Wildman–Crippen MR) is 102 cm³/mol. The number of carbonyl (C=O) groups is 3. The molecule has 0 atom stereocenters. The molecule has 1 aromatic carbocycles. The highest BCUT2D eigenvalue weighted by Gasteiger charge is 2.33. The molecule has 1 aliphatic rings. The van der Waals surface area contributed by atoms with Gasteiger partial charge in [-0.1, -0.05) is 11.6 Å². The second-order valence-corrected chi connectivity index (χ2v) is 6.73. The third kappa shape index (κ3) is 4.71. The minimum Gasteiger partial charge on any atom is -0.467 e. The van der Waals surface area contributed by atoms with Gasteiger partial charge in [-0.05, 0) is 36.4 Å². The van der Waals surface area contributed by atoms with E-state index < -0.39 is 0 Å². The largest absolute Gasteiger partial charge is 0.467 e. The van der Waals surface area contributed by atoms with Crippen LogP contribution in [0.5, 0.6) is 0 Å². The Hall–Kier alpha value is -2.84. The second-order valence-electron chi connectivity index (χ2n) is 6.29. The number of furan rings is 1. The maximum absolute atomic E-state index is 12.7. The van der Waals surface area contributed by atoms with Crippen molar-refractivity contribution in [1.29, 1.82) is 0 Å². The lowest BCUT2D eigenvalue weighted by Crippen LogP contribution is -2.43. The highest BCUT2D eigenvalue weighted by atomic mass is 35.5. The molecule has 0 bridgehead atoms. The van der Waals surface area contributed by atoms with Crippen molar-refractivity contribution in [3.8, 4) is 0 Å². The van der Waals surface area contributed by atoms with Crippen molar-refractivity contribution in [1.82, 2.24) is 9.80 Å². The van der Waals surface area contributed by atoms with Gasteiger partial charge in [0.15, 0.2) is 0 Å². The normalized spacial score (nSPS) is 13.9. The first kappa shape index (κ1) is 19.9. The first-order valence-corrected chi connectivity index (χ1v) is 8.98. The minimum atomic E-state index is -0.340. The molecule has 0 saturated carbocycles. The number of methoxy groups -OCH3 is 1. The minimum absolute atomic E-state index is 0.0471. The number of halogens is 1. The fraction of sp³-hybridized carbons (Fsp3) is 0.316. The smallest absolute Gasteiger partial charge is 0.249 e. The summed E-state index contributed by atoms with van der Waals surface area (Å²) in [7, 11) is 1.41. The molecule has 0 unspecified atom stereocenters. The van der Waals surface area contributed by atoms with E-state index in [4.69, 9.17) is 20.8 Å². The summed E-state index contributed by atoms with van der Waals surface area (Å²) in [6.07, 6.45) is 1.50. The van der Waals surface area contributed by atoms with Crippen LogP contribution < -0.4 is 4.90 Å². The Balaban J connectivity index is 1.66. The number of nitrogens with zero attached hydrogens (tertiary/aromatic N) is 3. The topological polar surface area (TPSA) is 83.3 Å². The third-order valence-electron chi connectivity index (χ3n) is 4.30. The van der Waals surface area contributed by atoms with E-state index in [2.05, 4.69) is 0 Å². The van der Waals surface area contributed by atoms with Crippen molar-refractivity contribution in [2.24, 2.45) is 0 Å². The zero-order chi connectivity index (χ0) is 20.1. The SMILES string of the molecule is COCC(=O)N(CC(=O)N1CC(=O)N(c2ccc(Cl)cc2)C1)Cc1ccco1. The molecule has 1 fully saturated rings. The Labute approximate surface area is 167 Å². The van der Waals surface area contributed by atoms with E-state index in [1.54, 1.807) is 36.4 Å². The standard InChI is InChI=1S/C19H20ClN3O5/c1-27-12-19(26)21(9-16-3-2-8-28-16)10-17(24)22-11-18(25)23(13-22)15-6-4-14(20)5-7-15/h2-8H,9-13H2,1H3. The van der Waals surface area contributed by atoms with Crippen molar-refractivity contribution in [2.75, 3.05) is 38.4 Å². The van der Waals surface area contributed by atoms with Crippen molar-refractivity contribution >= 4 is 35.0 Å². The van der Waals surface area contributed by atoms with Crippen LogP contribution in [-0.2, 0) is 25.7 Å². The van der Waals surface area contributed by atoms with Gasteiger partial charge in [-0.25, -0.2) is 0 Å². The zero-order valence-corrected chi connectivity index (χ0v) is 16.1. The Morgan fingerprint density at radius 1 is 1.25 bits per heavy atom. The molecular weight excluding hydrogens is 386 g/mol. The van der Waals surface area contributed by atoms with E-state index >= 15 is 0 Å². The summed E-state index contributed by atoms with van der Waals surface area (Å²) in [6.45, 7) is -0.112. The quantitative estimate of drug-likeness (QED) is 0.700. The Bertz CT molecular complexity index is 838. The maximum atomic E-state index is 12.7. The van der Waals surface area contributed by atoms with E-state index in [9.17, 15) is 14.4 Å². The molecule has 0 spiro atoms. The first-order valence-electron chi connectivity index (χ1n) is 8.60. The van der Waals surface area contributed by atoms with Crippen LogP contribution in [0.3, 0.4) is 0 Å². The Morgan fingerprint density at radius 3 is 2.64 bits per heavy atom. The van der Waals surface area contributed by atoms with Crippen LogP contribution in [-0.4, -0.2) is 61.0 Å². The van der Waals surface area contributed by atoms with Gasteiger partial charge in [0, 0.05) is 17.8 Å². The molecule has 148 valence electrons. The summed E-state index contributed by atoms with van der Waals surface area (Å²) < 4.78 is 10.2. The van der Waals surface area contributed by atoms with Gasteiger partial charge in [0.25, 0.3) is 0 Å². The summed E-state index contributed by atoms with van der Waals surface area (Å²) in [4.78, 5) is 41.6. The monoisotopic (exact) mass is 405 g/mol. The lowest BCUT2D eigenvalue weighted by atomic mass is 10.3. The van der Waals surface area contributed by atoms with E-state index in [1.807, 2.05) is 0 Å². The molecule has 0 radical (unpaired) electrons. The van der Waals surface area contributed by atoms with Crippen molar-refractivity contribution in [2.45, 2.75) is 6.54 Å². The molecule has 28 heavy (non-hydrogen) atoms. The number of benzene rings is 1. The third-order valence-corrected chi connectivity index (χ3v) is 4.56. The van der Waals surface area contributed by atoms with Crippen molar-refractivity contribution in [3.05, 3.63) is 53.4 Å². The van der Waals surface area contributed by atoms with Crippen molar-refractivity contribution < 1.29 is 23.5 Å². The van der Waals surface area contributed by atoms with Gasteiger partial charge >= 0.3 is 0 Å². The molecule has 1 aliphatic heterocycles. The van der Waals surface area contributed by atoms with Crippen molar-refractivity contribution in [3.63, 3.8) is 0 Å². The van der Waals surface area contributed by atoms with E-state index in [-0.39, 0.29) is 50.6 Å². The highest BCUT2D eigenvalue weighted by molar-refractivity contribution is 6.30. The van der Waals surface area contributed by atoms with Crippen LogP contribution in [0, 0.1) is 0 Å². The number of hydrogen-bond acceptors (Lipinski definition) is 5. The average Bonchev–Trinajstić information content (AvgIpc) is 3.32. The molecule has 0 aliphatic carbocycles. The zero-order valence-electron chi connectivity index (χ0n) is 15.3. The molecule has 2 heterocycles. The Morgan fingerprint density at radius 2 is 2.00 bits per heavy atom. The molecular formula is C19H20ClN3O5. The fourth-order valence-corrected chi connectivity index (χ4v) is 2.99. The van der Waals surface area contributed by atoms with E-state index in [0.29, 0.717) is 16.5 Å². The van der Waals surface area contributed by atoms with Gasteiger partial charge in [0.05, 0.1) is 12.8 Å². The van der Waals surface area contributed by atoms with Gasteiger partial charge in [-0.3, -0.25) is 19.3 Å². The summed E-state index contributed by atoms with van der Waals surface area (Å²) >= 11 is 5.88. The van der Waals surface area contributed by atoms with Gasteiger partial charge in [0.2, 0.25) is 17.7 Å². The molecule has 9 heteroatoms. The van der Waals surface area contributed by atoms with E-state index in [0.717, 1.165) is 0 Å². The number of amides is 3. The summed E-state index contributed by atoms with van der Waals surface area (Å²) in [5, 5.41) is 0.563. The van der Waals surface area contributed by atoms with Crippen LogP contribution in [0.15, 0.2) is 47.1 Å². The molecule has 0 N–H and O–H groups in total. The molecule has 3 amide bonds. The molecule has 3 rings (SSSR count). The number of hydrogen-bond donors (Lipinski definition) is 0. The number of rotatable bonds is 7. The molecule has 1 saturated heterocycles. The van der Waals surface area contributed by atoms with Crippen LogP contribution in [0.2, 0.25) is 5.02 Å². The van der Waals surface area contributed by atoms with Crippen LogP contribution in [0.25, 0.3) is 0 Å². The van der Waals surface area contributed by atoms with E-state index in [1.165, 1.54) is 28.1 Å². The van der Waals surface area contributed by atoms with Gasteiger partial charge < -0.3 is 19.0 Å². The van der Waals surface area contributed by atoms with Crippen LogP contribution in [0.1, 0.15) is 5.76 Å². The van der Waals surface area contributed by atoms with Crippen LogP contribution in [0.4, 0.5) is 5.69 Å². The average molecular weight is 406 g/mol. The maximum Gasteiger partial charge on any atom is 0.249 e. The lowest BCUT2D eigenvalue weighted by molar-refractivity contribution is -0.143. The van der Waals surface area contributed by atoms with Gasteiger partial charge in [-0.15, -0.1) is 0 Å². The molecule has 2 aromatic rings. The van der Waals surface area contributed by atoms with Gasteiger partial charge in [-0.2, -0.15) is 0 Å². The number of anilines is 1. The highest BCUT2D eigenvalue weighted by Crippen LogP contribution is 2.22. The lowest BCUT2D eigenvalue weighted by Gasteiger charge is -2.24. The van der Waals surface area contributed by atoms with Gasteiger partial charge in [0.1, 0.15) is 32.1 Å². The number of carbonyl (C=O) groups excluding carboxylic acids is 3. The first-order chi connectivity index (χ1) is 13.5. The number of ether oxygens (including phenoxy) is 1. The van der Waals surface area contributed by atoms with Crippen LogP contribution >= 0.6 is 11.6 Å². The molecule has 1 aromatic heterocycles. The summed E-state index contributed by atoms with van der Waals surface area (Å²) in [5.74, 6) is -0.317.